The number of benzene rings is 2. The van der Waals surface area contributed by atoms with E-state index in [1.165, 1.54) is 39.6 Å². The number of halogens is 3. The maximum atomic E-state index is 12.6. The summed E-state index contributed by atoms with van der Waals surface area (Å²) in [7, 11) is 1.64. The average molecular weight is 560 g/mol. The molecule has 5 rings (SSSR count). The predicted octanol–water partition coefficient (Wildman–Crippen LogP) is 3.77. The average Bonchev–Trinajstić information content (AvgIpc) is 3.29. The molecule has 2 aromatic carbocycles. The molecule has 10 nitrogen and oxygen atoms in total. The van der Waals surface area contributed by atoms with E-state index in [9.17, 15) is 18.0 Å². The molecule has 0 amide bonds. The van der Waals surface area contributed by atoms with Crippen LogP contribution in [-0.4, -0.2) is 64.2 Å². The van der Waals surface area contributed by atoms with E-state index in [4.69, 9.17) is 17.0 Å². The van der Waals surface area contributed by atoms with Gasteiger partial charge in [-0.2, -0.15) is 10.2 Å². The fraction of sp³-hybridized carbons (Fsp3) is 0.280. The second-order valence-electron chi connectivity index (χ2n) is 8.68. The highest BCUT2D eigenvalue weighted by atomic mass is 32.1. The minimum Gasteiger partial charge on any atom is -0.497 e. The fourth-order valence-electron chi connectivity index (χ4n) is 4.34. The monoisotopic (exact) mass is 559 g/mol. The number of anilines is 2. The molecule has 1 aliphatic heterocycles. The Balaban J connectivity index is 1.31. The molecule has 2 aromatic heterocycles. The molecule has 0 radical (unpaired) electrons. The topological polar surface area (TPSA) is 93.4 Å². The summed E-state index contributed by atoms with van der Waals surface area (Å²) >= 11 is 5.32. The highest BCUT2D eigenvalue weighted by molar-refractivity contribution is 7.71. The zero-order valence-corrected chi connectivity index (χ0v) is 21.6. The Morgan fingerprint density at radius 1 is 0.897 bits per heavy atom. The van der Waals surface area contributed by atoms with Crippen molar-refractivity contribution in [3.05, 3.63) is 81.6 Å². The third-order valence-corrected chi connectivity index (χ3v) is 6.53. The van der Waals surface area contributed by atoms with Crippen molar-refractivity contribution < 1.29 is 22.6 Å². The predicted molar refractivity (Wildman–Crippen MR) is 140 cm³/mol. The van der Waals surface area contributed by atoms with Crippen molar-refractivity contribution in [1.82, 2.24) is 24.5 Å². The molecule has 1 saturated heterocycles. The lowest BCUT2D eigenvalue weighted by Crippen LogP contribution is -2.47. The lowest BCUT2D eigenvalue weighted by Gasteiger charge is -2.36. The molecule has 14 heteroatoms. The Labute approximate surface area is 225 Å². The van der Waals surface area contributed by atoms with Crippen LogP contribution in [0.5, 0.6) is 11.5 Å². The summed E-state index contributed by atoms with van der Waals surface area (Å²) in [5.41, 5.74) is 1.23. The van der Waals surface area contributed by atoms with Gasteiger partial charge >= 0.3 is 6.36 Å². The van der Waals surface area contributed by atoms with Gasteiger partial charge in [0, 0.05) is 43.6 Å². The highest BCUT2D eigenvalue weighted by Gasteiger charge is 2.31. The summed E-state index contributed by atoms with van der Waals surface area (Å²) in [6, 6.07) is 16.3. The van der Waals surface area contributed by atoms with Crippen LogP contribution in [-0.2, 0) is 6.54 Å². The number of rotatable bonds is 7. The number of nitrogens with one attached hydrogen (secondary N) is 1. The Kier molecular flexibility index (Phi) is 7.28. The van der Waals surface area contributed by atoms with Crippen molar-refractivity contribution in [2.24, 2.45) is 0 Å². The summed E-state index contributed by atoms with van der Waals surface area (Å²) in [6.07, 6.45) is -4.79. The van der Waals surface area contributed by atoms with E-state index < -0.39 is 6.36 Å². The van der Waals surface area contributed by atoms with Gasteiger partial charge in [-0.25, -0.2) is 4.68 Å². The van der Waals surface area contributed by atoms with Gasteiger partial charge in [0.05, 0.1) is 7.11 Å². The smallest absolute Gasteiger partial charge is 0.497 e. The summed E-state index contributed by atoms with van der Waals surface area (Å²) < 4.78 is 49.7. The SMILES string of the molecule is COc1ccc(N2CCN(c3ccc(=O)n(Cc4n[nH]c(=S)n4-c4ccc(OC(F)(F)F)cc4)n3)CC2)cc1. The lowest BCUT2D eigenvalue weighted by molar-refractivity contribution is -0.274. The number of H-pyrrole nitrogens is 1. The molecule has 0 bridgehead atoms. The first-order chi connectivity index (χ1) is 18.7. The molecule has 3 heterocycles. The first-order valence-electron chi connectivity index (χ1n) is 11.9. The van der Waals surface area contributed by atoms with Crippen LogP contribution in [0, 0.1) is 4.77 Å². The molecule has 1 fully saturated rings. The van der Waals surface area contributed by atoms with Gasteiger partial charge in [-0.05, 0) is 66.8 Å². The van der Waals surface area contributed by atoms with E-state index in [-0.39, 0.29) is 22.6 Å². The number of nitrogens with zero attached hydrogens (tertiary/aromatic N) is 6. The van der Waals surface area contributed by atoms with Crippen molar-refractivity contribution in [3.63, 3.8) is 0 Å². The van der Waals surface area contributed by atoms with E-state index in [0.29, 0.717) is 30.4 Å². The molecule has 0 atom stereocenters. The van der Waals surface area contributed by atoms with Gasteiger partial charge in [-0.1, -0.05) is 0 Å². The van der Waals surface area contributed by atoms with E-state index in [0.717, 1.165) is 24.5 Å². The molecule has 4 aromatic rings. The first-order valence-corrected chi connectivity index (χ1v) is 12.4. The Morgan fingerprint density at radius 3 is 2.15 bits per heavy atom. The maximum Gasteiger partial charge on any atom is 0.573 e. The van der Waals surface area contributed by atoms with E-state index in [1.807, 2.05) is 24.3 Å². The summed E-state index contributed by atoms with van der Waals surface area (Å²) in [6.45, 7) is 2.97. The summed E-state index contributed by atoms with van der Waals surface area (Å²) in [5, 5.41) is 11.4. The second-order valence-corrected chi connectivity index (χ2v) is 9.07. The minimum absolute atomic E-state index is 0.00751. The number of aromatic amines is 1. The summed E-state index contributed by atoms with van der Waals surface area (Å²) in [5.74, 6) is 1.46. The molecule has 204 valence electrons. The van der Waals surface area contributed by atoms with Crippen LogP contribution in [0.3, 0.4) is 0 Å². The zero-order valence-electron chi connectivity index (χ0n) is 20.8. The molecular formula is C25H24F3N7O3S. The van der Waals surface area contributed by atoms with E-state index in [2.05, 4.69) is 29.8 Å². The van der Waals surface area contributed by atoms with Crippen LogP contribution in [0.2, 0.25) is 0 Å². The Morgan fingerprint density at radius 2 is 1.51 bits per heavy atom. The largest absolute Gasteiger partial charge is 0.573 e. The van der Waals surface area contributed by atoms with Crippen LogP contribution >= 0.6 is 12.2 Å². The van der Waals surface area contributed by atoms with Gasteiger partial charge in [-0.15, -0.1) is 13.2 Å². The molecule has 1 aliphatic rings. The lowest BCUT2D eigenvalue weighted by atomic mass is 10.2. The Hall–Kier alpha value is -4.33. The highest BCUT2D eigenvalue weighted by Crippen LogP contribution is 2.25. The van der Waals surface area contributed by atoms with Crippen molar-refractivity contribution in [2.45, 2.75) is 12.9 Å². The quantitative estimate of drug-likeness (QED) is 0.342. The van der Waals surface area contributed by atoms with Crippen LogP contribution in [0.1, 0.15) is 5.82 Å². The number of alkyl halides is 3. The van der Waals surface area contributed by atoms with Gasteiger partial charge in [0.2, 0.25) is 0 Å². The number of methoxy groups -OCH3 is 1. The third-order valence-electron chi connectivity index (χ3n) is 6.26. The second kappa shape index (κ2) is 10.8. The Bertz CT molecular complexity index is 1540. The molecule has 1 N–H and O–H groups in total. The van der Waals surface area contributed by atoms with Crippen LogP contribution in [0.4, 0.5) is 24.7 Å². The fourth-order valence-corrected chi connectivity index (χ4v) is 4.60. The van der Waals surface area contributed by atoms with Crippen molar-refractivity contribution in [3.8, 4) is 17.2 Å². The van der Waals surface area contributed by atoms with Crippen molar-refractivity contribution in [1.29, 1.82) is 0 Å². The molecule has 0 aliphatic carbocycles. The van der Waals surface area contributed by atoms with Crippen molar-refractivity contribution >= 4 is 23.7 Å². The molecular weight excluding hydrogens is 535 g/mol. The molecule has 0 saturated carbocycles. The van der Waals surface area contributed by atoms with Crippen molar-refractivity contribution in [2.75, 3.05) is 43.1 Å². The maximum absolute atomic E-state index is 12.6. The first kappa shape index (κ1) is 26.3. The van der Waals surface area contributed by atoms with Crippen LogP contribution < -0.4 is 24.8 Å². The number of piperazine rings is 1. The third kappa shape index (κ3) is 6.06. The standard InChI is InChI=1S/C25H24F3N7O3S/c1-37-19-6-2-17(3-7-19)32-12-14-33(15-13-32)21-10-11-23(36)34(31-21)16-22-29-30-24(39)35(22)18-4-8-20(9-5-18)38-25(26,27)28/h2-11H,12-16H2,1H3,(H,30,39). The van der Waals surface area contributed by atoms with E-state index >= 15 is 0 Å². The molecule has 0 unspecified atom stereocenters. The molecule has 39 heavy (non-hydrogen) atoms. The normalized spacial score (nSPS) is 13.9. The van der Waals surface area contributed by atoms with Gasteiger partial charge in [0.25, 0.3) is 5.56 Å². The van der Waals surface area contributed by atoms with Crippen LogP contribution in [0.25, 0.3) is 5.69 Å². The summed E-state index contributed by atoms with van der Waals surface area (Å²) in [4.78, 5) is 17.0. The minimum atomic E-state index is -4.79. The number of hydrogen-bond acceptors (Lipinski definition) is 8. The van der Waals surface area contributed by atoms with Crippen LogP contribution in [0.15, 0.2) is 65.5 Å². The van der Waals surface area contributed by atoms with Gasteiger partial charge in [-0.3, -0.25) is 14.5 Å². The van der Waals surface area contributed by atoms with Gasteiger partial charge in [0.15, 0.2) is 10.6 Å². The number of aromatic nitrogens is 5. The zero-order chi connectivity index (χ0) is 27.6. The number of hydrogen-bond donors (Lipinski definition) is 1. The number of ether oxygens (including phenoxy) is 2. The molecule has 0 spiro atoms. The van der Waals surface area contributed by atoms with E-state index in [1.54, 1.807) is 13.2 Å². The van der Waals surface area contributed by atoms with Gasteiger partial charge in [0.1, 0.15) is 23.9 Å². The van der Waals surface area contributed by atoms with Gasteiger partial charge < -0.3 is 19.3 Å².